The zero-order chi connectivity index (χ0) is 22.7. The number of hydrogen-bond donors (Lipinski definition) is 0. The Kier molecular flexibility index (Phi) is 7.17. The Balaban J connectivity index is 1.54. The summed E-state index contributed by atoms with van der Waals surface area (Å²) in [6.07, 6.45) is 5.59. The van der Waals surface area contributed by atoms with Crippen LogP contribution in [0.1, 0.15) is 51.8 Å². The Morgan fingerprint density at radius 3 is 2.56 bits per heavy atom. The molecule has 8 nitrogen and oxygen atoms in total. The van der Waals surface area contributed by atoms with E-state index in [2.05, 4.69) is 4.57 Å². The summed E-state index contributed by atoms with van der Waals surface area (Å²) in [5, 5.41) is 0. The first-order chi connectivity index (χ1) is 15.5. The van der Waals surface area contributed by atoms with Crippen molar-refractivity contribution in [3.05, 3.63) is 24.0 Å². The van der Waals surface area contributed by atoms with Crippen molar-refractivity contribution in [1.29, 1.82) is 0 Å². The Bertz CT molecular complexity index is 1050. The molecule has 0 atom stereocenters. The van der Waals surface area contributed by atoms with Gasteiger partial charge in [-0.3, -0.25) is 4.79 Å². The lowest BCUT2D eigenvalue weighted by molar-refractivity contribution is -0.133. The lowest BCUT2D eigenvalue weighted by Crippen LogP contribution is -2.40. The maximum atomic E-state index is 13.0. The van der Waals surface area contributed by atoms with Gasteiger partial charge in [0, 0.05) is 45.1 Å². The molecule has 2 aliphatic rings. The van der Waals surface area contributed by atoms with Crippen LogP contribution < -0.4 is 0 Å². The zero-order valence-electron chi connectivity index (χ0n) is 19.1. The van der Waals surface area contributed by atoms with E-state index in [4.69, 9.17) is 9.72 Å². The van der Waals surface area contributed by atoms with Crippen molar-refractivity contribution in [3.63, 3.8) is 0 Å². The van der Waals surface area contributed by atoms with Crippen molar-refractivity contribution in [2.24, 2.45) is 0 Å². The number of aryl methyl sites for hydroxylation is 2. The summed E-state index contributed by atoms with van der Waals surface area (Å²) in [4.78, 5) is 19.9. The normalized spacial score (nSPS) is 18.4. The highest BCUT2D eigenvalue weighted by atomic mass is 32.2. The number of morpholine rings is 1. The van der Waals surface area contributed by atoms with E-state index in [0.717, 1.165) is 37.3 Å². The molecule has 1 saturated heterocycles. The molecule has 2 aromatic rings. The molecule has 2 heterocycles. The number of benzene rings is 1. The van der Waals surface area contributed by atoms with Gasteiger partial charge in [0.25, 0.3) is 0 Å². The van der Waals surface area contributed by atoms with Gasteiger partial charge in [-0.15, -0.1) is 0 Å². The van der Waals surface area contributed by atoms with E-state index < -0.39 is 10.0 Å². The first-order valence-electron chi connectivity index (χ1n) is 11.8. The molecule has 32 heavy (non-hydrogen) atoms. The van der Waals surface area contributed by atoms with Gasteiger partial charge in [-0.1, -0.05) is 12.8 Å². The molecule has 4 rings (SSSR count). The summed E-state index contributed by atoms with van der Waals surface area (Å²) < 4.78 is 34.9. The van der Waals surface area contributed by atoms with E-state index in [-0.39, 0.29) is 10.8 Å². The second kappa shape index (κ2) is 9.89. The van der Waals surface area contributed by atoms with Gasteiger partial charge in [0.05, 0.1) is 29.1 Å². The van der Waals surface area contributed by atoms with Crippen LogP contribution >= 0.6 is 0 Å². The molecule has 2 fully saturated rings. The number of amides is 1. The topological polar surface area (TPSA) is 84.7 Å². The Hall–Kier alpha value is -1.97. The van der Waals surface area contributed by atoms with Gasteiger partial charge in [-0.25, -0.2) is 13.4 Å². The van der Waals surface area contributed by atoms with Gasteiger partial charge < -0.3 is 14.2 Å². The molecule has 1 aromatic carbocycles. The van der Waals surface area contributed by atoms with Gasteiger partial charge in [-0.05, 0) is 44.9 Å². The summed E-state index contributed by atoms with van der Waals surface area (Å²) in [5.74, 6) is 1.02. The molecule has 1 aliphatic carbocycles. The first kappa shape index (κ1) is 23.2. The highest BCUT2D eigenvalue weighted by Crippen LogP contribution is 2.26. The van der Waals surface area contributed by atoms with E-state index >= 15 is 0 Å². The number of carbonyl (C=O) groups is 1. The summed E-state index contributed by atoms with van der Waals surface area (Å²) in [7, 11) is -3.57. The van der Waals surface area contributed by atoms with Crippen molar-refractivity contribution in [2.45, 2.75) is 69.9 Å². The van der Waals surface area contributed by atoms with Crippen LogP contribution in [0.3, 0.4) is 0 Å². The average molecular weight is 463 g/mol. The van der Waals surface area contributed by atoms with Crippen molar-refractivity contribution in [3.8, 4) is 0 Å². The van der Waals surface area contributed by atoms with Crippen molar-refractivity contribution >= 4 is 27.0 Å². The third-order valence-corrected chi connectivity index (χ3v) is 8.61. The number of aromatic nitrogens is 2. The number of sulfonamides is 1. The maximum Gasteiger partial charge on any atom is 0.243 e. The van der Waals surface area contributed by atoms with E-state index in [1.165, 1.54) is 17.1 Å². The molecule has 0 unspecified atom stereocenters. The van der Waals surface area contributed by atoms with Gasteiger partial charge in [0.2, 0.25) is 15.9 Å². The second-order valence-electron chi connectivity index (χ2n) is 8.56. The summed E-state index contributed by atoms with van der Waals surface area (Å²) in [6, 6.07) is 5.54. The molecule has 176 valence electrons. The standard InChI is InChI=1S/C23H34N4O4S/c1-3-26(18-7-5-6-8-18)23(28)12-11-22-24-20-17-19(9-10-21(20)27(22)4-2)32(29,30)25-13-15-31-16-14-25/h9-10,17-18H,3-8,11-16H2,1-2H3. The molecule has 0 spiro atoms. The van der Waals surface area contributed by atoms with Crippen LogP contribution in [0.4, 0.5) is 0 Å². The number of imidazole rings is 1. The second-order valence-corrected chi connectivity index (χ2v) is 10.5. The van der Waals surface area contributed by atoms with Crippen molar-refractivity contribution in [1.82, 2.24) is 18.8 Å². The molecule has 9 heteroatoms. The molecule has 1 aliphatic heterocycles. The van der Waals surface area contributed by atoms with E-state index in [1.807, 2.05) is 24.8 Å². The molecule has 0 bridgehead atoms. The summed E-state index contributed by atoms with van der Waals surface area (Å²) in [5.41, 5.74) is 1.56. The van der Waals surface area contributed by atoms with E-state index in [1.54, 1.807) is 12.1 Å². The average Bonchev–Trinajstić information content (AvgIpc) is 3.46. The Labute approximate surface area is 190 Å². The largest absolute Gasteiger partial charge is 0.379 e. The predicted molar refractivity (Wildman–Crippen MR) is 123 cm³/mol. The third-order valence-electron chi connectivity index (χ3n) is 6.71. The number of fused-ring (bicyclic) bond motifs is 1. The molecular weight excluding hydrogens is 428 g/mol. The minimum Gasteiger partial charge on any atom is -0.379 e. The maximum absolute atomic E-state index is 13.0. The van der Waals surface area contributed by atoms with Crippen LogP contribution in [0.25, 0.3) is 11.0 Å². The summed E-state index contributed by atoms with van der Waals surface area (Å²) in [6.45, 7) is 7.12. The highest BCUT2D eigenvalue weighted by molar-refractivity contribution is 7.89. The Morgan fingerprint density at radius 2 is 1.91 bits per heavy atom. The fraction of sp³-hybridized carbons (Fsp3) is 0.652. The highest BCUT2D eigenvalue weighted by Gasteiger charge is 2.28. The molecular formula is C23H34N4O4S. The van der Waals surface area contributed by atoms with E-state index in [9.17, 15) is 13.2 Å². The van der Waals surface area contributed by atoms with Crippen molar-refractivity contribution < 1.29 is 17.9 Å². The lowest BCUT2D eigenvalue weighted by Gasteiger charge is -2.27. The Morgan fingerprint density at radius 1 is 1.19 bits per heavy atom. The number of nitrogens with zero attached hydrogens (tertiary/aromatic N) is 4. The number of ether oxygens (including phenoxy) is 1. The minimum atomic E-state index is -3.57. The molecule has 1 saturated carbocycles. The summed E-state index contributed by atoms with van der Waals surface area (Å²) >= 11 is 0. The van der Waals surface area contributed by atoms with Gasteiger partial charge in [-0.2, -0.15) is 4.31 Å². The van der Waals surface area contributed by atoms with Gasteiger partial charge >= 0.3 is 0 Å². The van der Waals surface area contributed by atoms with E-state index in [0.29, 0.717) is 50.7 Å². The van der Waals surface area contributed by atoms with Crippen LogP contribution in [-0.4, -0.2) is 72.0 Å². The monoisotopic (exact) mass is 462 g/mol. The zero-order valence-corrected chi connectivity index (χ0v) is 19.9. The first-order valence-corrected chi connectivity index (χ1v) is 13.3. The van der Waals surface area contributed by atoms with Crippen LogP contribution in [-0.2, 0) is 32.5 Å². The lowest BCUT2D eigenvalue weighted by atomic mass is 10.1. The van der Waals surface area contributed by atoms with Crippen LogP contribution in [0.2, 0.25) is 0 Å². The SMILES string of the molecule is CCN(C(=O)CCc1nc2cc(S(=O)(=O)N3CCOCC3)ccc2n1CC)C1CCCC1. The molecule has 1 aromatic heterocycles. The smallest absolute Gasteiger partial charge is 0.243 e. The minimum absolute atomic E-state index is 0.185. The van der Waals surface area contributed by atoms with Gasteiger partial charge in [0.1, 0.15) is 5.82 Å². The number of carbonyl (C=O) groups excluding carboxylic acids is 1. The predicted octanol–water partition coefficient (Wildman–Crippen LogP) is 2.80. The van der Waals surface area contributed by atoms with Gasteiger partial charge in [0.15, 0.2) is 0 Å². The van der Waals surface area contributed by atoms with Crippen molar-refractivity contribution in [2.75, 3.05) is 32.8 Å². The fourth-order valence-corrected chi connectivity index (χ4v) is 6.44. The quantitative estimate of drug-likeness (QED) is 0.602. The third kappa shape index (κ3) is 4.56. The van der Waals surface area contributed by atoms with Crippen LogP contribution in [0, 0.1) is 0 Å². The number of hydrogen-bond acceptors (Lipinski definition) is 5. The molecule has 0 N–H and O–H groups in total. The molecule has 1 amide bonds. The van der Waals surface area contributed by atoms with Crippen LogP contribution in [0.5, 0.6) is 0 Å². The fourth-order valence-electron chi connectivity index (χ4n) is 5.02. The van der Waals surface area contributed by atoms with Crippen LogP contribution in [0.15, 0.2) is 23.1 Å². The molecule has 0 radical (unpaired) electrons. The number of rotatable bonds is 8.